The largest absolute Gasteiger partial charge is 0.446 e. The summed E-state index contributed by atoms with van der Waals surface area (Å²) >= 11 is 0. The van der Waals surface area contributed by atoms with Crippen molar-refractivity contribution in [3.05, 3.63) is 17.9 Å². The van der Waals surface area contributed by atoms with Gasteiger partial charge in [0.25, 0.3) is 10.0 Å². The highest BCUT2D eigenvalue weighted by Gasteiger charge is 2.18. The number of sulfonamides is 1. The van der Waals surface area contributed by atoms with Crippen LogP contribution in [-0.4, -0.2) is 58.8 Å². The molecular formula is C11H20N2O5S. The maximum Gasteiger partial charge on any atom is 0.274 e. The van der Waals surface area contributed by atoms with Gasteiger partial charge in [0.05, 0.1) is 6.61 Å². The van der Waals surface area contributed by atoms with Crippen molar-refractivity contribution in [1.29, 1.82) is 0 Å². The van der Waals surface area contributed by atoms with E-state index in [0.29, 0.717) is 13.2 Å². The van der Waals surface area contributed by atoms with Crippen LogP contribution in [0.5, 0.6) is 0 Å². The minimum Gasteiger partial charge on any atom is -0.446 e. The Balaban J connectivity index is 2.43. The number of nitrogens with one attached hydrogen (secondary N) is 1. The summed E-state index contributed by atoms with van der Waals surface area (Å²) in [6.45, 7) is 1.85. The number of likely N-dealkylation sites (N-methyl/N-ethyl adjacent to an activating group) is 1. The number of ether oxygens (including phenoxy) is 1. The molecule has 0 aromatic carbocycles. The molecule has 0 spiro atoms. The van der Waals surface area contributed by atoms with E-state index in [1.165, 1.54) is 12.1 Å². The molecule has 8 heteroatoms. The topological polar surface area (TPSA) is 92.0 Å². The molecule has 1 aromatic rings. The molecular weight excluding hydrogens is 272 g/mol. The highest BCUT2D eigenvalue weighted by Crippen LogP contribution is 2.13. The Bertz CT molecular complexity index is 471. The van der Waals surface area contributed by atoms with Crippen molar-refractivity contribution < 1.29 is 22.7 Å². The van der Waals surface area contributed by atoms with Gasteiger partial charge in [-0.1, -0.05) is 0 Å². The summed E-state index contributed by atoms with van der Waals surface area (Å²) in [6, 6.07) is 2.75. The molecule has 0 aliphatic rings. The second-order valence-electron chi connectivity index (χ2n) is 4.07. The molecule has 1 rings (SSSR count). The van der Waals surface area contributed by atoms with Crippen molar-refractivity contribution in [2.24, 2.45) is 0 Å². The summed E-state index contributed by atoms with van der Waals surface area (Å²) in [5.74, 6) is 0.220. The lowest BCUT2D eigenvalue weighted by Gasteiger charge is -2.15. The molecule has 1 heterocycles. The third-order valence-corrected chi connectivity index (χ3v) is 3.85. The number of methoxy groups -OCH3 is 1. The fraction of sp³-hybridized carbons (Fsp3) is 0.636. The minimum absolute atomic E-state index is 0.184. The molecule has 19 heavy (non-hydrogen) atoms. The molecule has 0 amide bonds. The van der Waals surface area contributed by atoms with Crippen LogP contribution in [0, 0.1) is 0 Å². The molecule has 0 saturated heterocycles. The van der Waals surface area contributed by atoms with Gasteiger partial charge in [0.2, 0.25) is 5.09 Å². The van der Waals surface area contributed by atoms with Crippen LogP contribution in [-0.2, 0) is 21.4 Å². The second kappa shape index (κ2) is 7.61. The number of hydrogen-bond donors (Lipinski definition) is 2. The van der Waals surface area contributed by atoms with E-state index >= 15 is 0 Å². The highest BCUT2D eigenvalue weighted by atomic mass is 32.2. The second-order valence-corrected chi connectivity index (χ2v) is 5.77. The minimum atomic E-state index is -3.65. The van der Waals surface area contributed by atoms with Crippen LogP contribution in [0.4, 0.5) is 0 Å². The van der Waals surface area contributed by atoms with E-state index in [9.17, 15) is 8.42 Å². The highest BCUT2D eigenvalue weighted by molar-refractivity contribution is 7.89. The molecule has 110 valence electrons. The fourth-order valence-electron chi connectivity index (χ4n) is 1.39. The predicted molar refractivity (Wildman–Crippen MR) is 69.2 cm³/mol. The van der Waals surface area contributed by atoms with Gasteiger partial charge in [-0.25, -0.2) is 13.1 Å². The van der Waals surface area contributed by atoms with E-state index in [-0.39, 0.29) is 24.0 Å². The summed E-state index contributed by atoms with van der Waals surface area (Å²) in [5, 5.41) is 8.64. The third-order valence-electron chi connectivity index (χ3n) is 2.52. The van der Waals surface area contributed by atoms with Crippen LogP contribution in [0.3, 0.4) is 0 Å². The van der Waals surface area contributed by atoms with Crippen LogP contribution in [0.25, 0.3) is 0 Å². The third kappa shape index (κ3) is 5.29. The summed E-state index contributed by atoms with van der Waals surface area (Å²) in [4.78, 5) is 1.95. The Kier molecular flexibility index (Phi) is 6.46. The maximum absolute atomic E-state index is 11.8. The molecule has 0 atom stereocenters. The van der Waals surface area contributed by atoms with E-state index in [1.54, 1.807) is 7.11 Å². The van der Waals surface area contributed by atoms with E-state index in [2.05, 4.69) is 4.72 Å². The average molecular weight is 292 g/mol. The summed E-state index contributed by atoms with van der Waals surface area (Å²) in [7, 11) is -0.155. The number of rotatable bonds is 9. The van der Waals surface area contributed by atoms with Crippen molar-refractivity contribution in [1.82, 2.24) is 9.62 Å². The van der Waals surface area contributed by atoms with Gasteiger partial charge in [0, 0.05) is 26.7 Å². The molecule has 0 aliphatic carbocycles. The number of nitrogens with zero attached hydrogens (tertiary/aromatic N) is 1. The Labute approximate surface area is 113 Å². The quantitative estimate of drug-likeness (QED) is 0.645. The Morgan fingerprint density at radius 1 is 1.42 bits per heavy atom. The van der Waals surface area contributed by atoms with Crippen LogP contribution < -0.4 is 4.72 Å². The van der Waals surface area contributed by atoms with Crippen molar-refractivity contribution >= 4 is 10.0 Å². The zero-order chi connectivity index (χ0) is 14.3. The maximum atomic E-state index is 11.8. The van der Waals surface area contributed by atoms with Crippen LogP contribution in [0.15, 0.2) is 21.6 Å². The Morgan fingerprint density at radius 2 is 2.16 bits per heavy atom. The molecule has 0 aliphatic heterocycles. The lowest BCUT2D eigenvalue weighted by atomic mass is 10.5. The van der Waals surface area contributed by atoms with Gasteiger partial charge in [-0.3, -0.25) is 0 Å². The number of aliphatic hydroxyl groups excluding tert-OH is 1. The average Bonchev–Trinajstić information content (AvgIpc) is 2.85. The van der Waals surface area contributed by atoms with Gasteiger partial charge in [0.15, 0.2) is 0 Å². The molecule has 0 radical (unpaired) electrons. The van der Waals surface area contributed by atoms with Gasteiger partial charge >= 0.3 is 0 Å². The summed E-state index contributed by atoms with van der Waals surface area (Å²) in [5.41, 5.74) is 0. The van der Waals surface area contributed by atoms with Crippen LogP contribution in [0.1, 0.15) is 5.76 Å². The van der Waals surface area contributed by atoms with E-state index in [4.69, 9.17) is 14.3 Å². The Morgan fingerprint density at radius 3 is 2.74 bits per heavy atom. The van der Waals surface area contributed by atoms with Crippen molar-refractivity contribution in [3.63, 3.8) is 0 Å². The first-order valence-electron chi connectivity index (χ1n) is 5.86. The molecule has 0 saturated carbocycles. The smallest absolute Gasteiger partial charge is 0.274 e. The van der Waals surface area contributed by atoms with E-state index in [1.807, 2.05) is 11.9 Å². The number of aliphatic hydroxyl groups is 1. The first-order chi connectivity index (χ1) is 8.99. The molecule has 0 bridgehead atoms. The normalized spacial score (nSPS) is 12.2. The van der Waals surface area contributed by atoms with Crippen molar-refractivity contribution in [2.45, 2.75) is 11.7 Å². The van der Waals surface area contributed by atoms with Gasteiger partial charge in [-0.2, -0.15) is 0 Å². The molecule has 0 fully saturated rings. The number of hydrogen-bond acceptors (Lipinski definition) is 6. The van der Waals surface area contributed by atoms with Crippen molar-refractivity contribution in [3.8, 4) is 0 Å². The van der Waals surface area contributed by atoms with Crippen LogP contribution in [0.2, 0.25) is 0 Å². The lowest BCUT2D eigenvalue weighted by Crippen LogP contribution is -2.34. The predicted octanol–water partition coefficient (Wildman–Crippen LogP) is -0.372. The Hall–Kier alpha value is -0.930. The molecule has 1 aromatic heterocycles. The molecule has 0 unspecified atom stereocenters. The zero-order valence-electron chi connectivity index (χ0n) is 11.1. The zero-order valence-corrected chi connectivity index (χ0v) is 11.9. The van der Waals surface area contributed by atoms with E-state index in [0.717, 1.165) is 6.54 Å². The molecule has 2 N–H and O–H groups in total. The van der Waals surface area contributed by atoms with Crippen LogP contribution >= 0.6 is 0 Å². The van der Waals surface area contributed by atoms with E-state index < -0.39 is 10.0 Å². The fourth-order valence-corrected chi connectivity index (χ4v) is 2.35. The first kappa shape index (κ1) is 16.1. The summed E-state index contributed by atoms with van der Waals surface area (Å²) in [6.07, 6.45) is 0. The monoisotopic (exact) mass is 292 g/mol. The van der Waals surface area contributed by atoms with Gasteiger partial charge < -0.3 is 19.2 Å². The SMILES string of the molecule is COCCN(C)CCNS(=O)(=O)c1ccc(CO)o1. The first-order valence-corrected chi connectivity index (χ1v) is 7.34. The number of furan rings is 1. The molecule has 7 nitrogen and oxygen atoms in total. The standard InChI is InChI=1S/C11H20N2O5S/c1-13(7-8-17-2)6-5-12-19(15,16)11-4-3-10(9-14)18-11/h3-4,12,14H,5-9H2,1-2H3. The lowest BCUT2D eigenvalue weighted by molar-refractivity contribution is 0.162. The van der Waals surface area contributed by atoms with Gasteiger partial charge in [-0.15, -0.1) is 0 Å². The van der Waals surface area contributed by atoms with Gasteiger partial charge in [-0.05, 0) is 19.2 Å². The van der Waals surface area contributed by atoms with Crippen molar-refractivity contribution in [2.75, 3.05) is 40.4 Å². The van der Waals surface area contributed by atoms with Gasteiger partial charge in [0.1, 0.15) is 12.4 Å². The summed E-state index contributed by atoms with van der Waals surface area (Å²) < 4.78 is 36.0.